The lowest BCUT2D eigenvalue weighted by Gasteiger charge is -2.27. The van der Waals surface area contributed by atoms with Gasteiger partial charge < -0.3 is 18.9 Å². The van der Waals surface area contributed by atoms with Crippen molar-refractivity contribution < 1.29 is 28.5 Å². The van der Waals surface area contributed by atoms with Gasteiger partial charge in [-0.15, -0.1) is 12.6 Å². The number of carbonyl (C=O) groups is 2. The average Bonchev–Trinajstić information content (AvgIpc) is 2.60. The molecule has 0 spiro atoms. The lowest BCUT2D eigenvalue weighted by Crippen LogP contribution is -2.38. The van der Waals surface area contributed by atoms with Crippen LogP contribution in [0.1, 0.15) is 24.2 Å². The SMILES string of the molecule is C=CC(=O)OCCOCCOC(S)OC(C)(C)C(=O)c1ccccc1. The first-order chi connectivity index (χ1) is 11.9. The van der Waals surface area contributed by atoms with E-state index in [0.29, 0.717) is 5.56 Å². The molecular formula is C18H24O6S. The molecule has 6 nitrogen and oxygen atoms in total. The molecule has 7 heteroatoms. The molecule has 0 aliphatic heterocycles. The van der Waals surface area contributed by atoms with Crippen LogP contribution in [0.2, 0.25) is 0 Å². The van der Waals surface area contributed by atoms with Crippen LogP contribution in [0.4, 0.5) is 0 Å². The molecule has 1 rings (SSSR count). The molecule has 0 aliphatic carbocycles. The van der Waals surface area contributed by atoms with E-state index in [9.17, 15) is 9.59 Å². The van der Waals surface area contributed by atoms with E-state index in [1.54, 1.807) is 38.1 Å². The Balaban J connectivity index is 2.24. The molecule has 0 radical (unpaired) electrons. The number of ether oxygens (including phenoxy) is 4. The van der Waals surface area contributed by atoms with Crippen molar-refractivity contribution in [2.24, 2.45) is 0 Å². The van der Waals surface area contributed by atoms with E-state index in [1.165, 1.54) is 0 Å². The van der Waals surface area contributed by atoms with Crippen LogP contribution >= 0.6 is 12.6 Å². The van der Waals surface area contributed by atoms with E-state index < -0.39 is 17.2 Å². The topological polar surface area (TPSA) is 71.1 Å². The van der Waals surface area contributed by atoms with Gasteiger partial charge in [0, 0.05) is 11.6 Å². The third-order valence-electron chi connectivity index (χ3n) is 3.11. The van der Waals surface area contributed by atoms with Crippen LogP contribution < -0.4 is 0 Å². The van der Waals surface area contributed by atoms with Crippen LogP contribution in [0.25, 0.3) is 0 Å². The first kappa shape index (κ1) is 21.4. The lowest BCUT2D eigenvalue weighted by molar-refractivity contribution is -0.144. The Hall–Kier alpha value is -1.67. The maximum Gasteiger partial charge on any atom is 0.330 e. The van der Waals surface area contributed by atoms with Crippen molar-refractivity contribution in [2.45, 2.75) is 25.1 Å². The van der Waals surface area contributed by atoms with Gasteiger partial charge in [0.1, 0.15) is 12.2 Å². The molecule has 0 N–H and O–H groups in total. The van der Waals surface area contributed by atoms with Gasteiger partial charge in [-0.2, -0.15) is 0 Å². The molecule has 0 aromatic heterocycles. The molecule has 0 heterocycles. The zero-order valence-corrected chi connectivity index (χ0v) is 15.4. The fraction of sp³-hybridized carbons (Fsp3) is 0.444. The molecule has 0 saturated heterocycles. The third kappa shape index (κ3) is 8.31. The zero-order chi connectivity index (χ0) is 18.7. The maximum absolute atomic E-state index is 12.4. The summed E-state index contributed by atoms with van der Waals surface area (Å²) in [7, 11) is 0. The average molecular weight is 368 g/mol. The Kier molecular flexibility index (Phi) is 9.44. The van der Waals surface area contributed by atoms with Gasteiger partial charge in [0.25, 0.3) is 0 Å². The highest BCUT2D eigenvalue weighted by Crippen LogP contribution is 2.20. The standard InChI is InChI=1S/C18H24O6S/c1-4-15(19)22-12-10-21-11-13-23-17(25)24-18(2,3)16(20)14-8-6-5-7-9-14/h4-9,17,25H,1,10-13H2,2-3H3. The van der Waals surface area contributed by atoms with Crippen molar-refractivity contribution in [1.29, 1.82) is 0 Å². The van der Waals surface area contributed by atoms with Crippen LogP contribution in [0.3, 0.4) is 0 Å². The minimum atomic E-state index is -1.08. The third-order valence-corrected chi connectivity index (χ3v) is 3.36. The number of benzene rings is 1. The van der Waals surface area contributed by atoms with Crippen LogP contribution in [0.15, 0.2) is 43.0 Å². The number of carbonyl (C=O) groups excluding carboxylic acids is 2. The van der Waals surface area contributed by atoms with Gasteiger partial charge in [0.15, 0.2) is 5.78 Å². The molecule has 0 amide bonds. The molecule has 0 aliphatic rings. The Bertz CT molecular complexity index is 558. The van der Waals surface area contributed by atoms with Gasteiger partial charge in [-0.05, 0) is 13.8 Å². The van der Waals surface area contributed by atoms with Crippen molar-refractivity contribution in [3.8, 4) is 0 Å². The summed E-state index contributed by atoms with van der Waals surface area (Å²) in [6.45, 7) is 7.51. The summed E-state index contributed by atoms with van der Waals surface area (Å²) in [6, 6.07) is 8.89. The second-order valence-electron chi connectivity index (χ2n) is 5.49. The number of thiol groups is 1. The van der Waals surface area contributed by atoms with Crippen molar-refractivity contribution in [1.82, 2.24) is 0 Å². The van der Waals surface area contributed by atoms with Crippen molar-refractivity contribution in [2.75, 3.05) is 26.4 Å². The quantitative estimate of drug-likeness (QED) is 0.153. The maximum atomic E-state index is 12.4. The monoisotopic (exact) mass is 368 g/mol. The molecule has 1 unspecified atom stereocenters. The highest BCUT2D eigenvalue weighted by Gasteiger charge is 2.32. The van der Waals surface area contributed by atoms with Crippen molar-refractivity contribution in [3.05, 3.63) is 48.6 Å². The van der Waals surface area contributed by atoms with Gasteiger partial charge in [0.05, 0.1) is 19.8 Å². The van der Waals surface area contributed by atoms with Crippen LogP contribution in [-0.4, -0.2) is 49.4 Å². The summed E-state index contributed by atoms with van der Waals surface area (Å²) in [5.41, 5.74) is -1.39. The van der Waals surface area contributed by atoms with Gasteiger partial charge in [-0.25, -0.2) is 4.79 Å². The predicted molar refractivity (Wildman–Crippen MR) is 96.6 cm³/mol. The predicted octanol–water partition coefficient (Wildman–Crippen LogP) is 2.64. The summed E-state index contributed by atoms with van der Waals surface area (Å²) >= 11 is 4.18. The first-order valence-electron chi connectivity index (χ1n) is 7.81. The molecule has 138 valence electrons. The number of hydrogen-bond acceptors (Lipinski definition) is 7. The fourth-order valence-electron chi connectivity index (χ4n) is 1.85. The normalized spacial score (nSPS) is 12.4. The second-order valence-corrected chi connectivity index (χ2v) is 5.91. The summed E-state index contributed by atoms with van der Waals surface area (Å²) < 4.78 is 20.9. The van der Waals surface area contributed by atoms with Crippen LogP contribution in [0.5, 0.6) is 0 Å². The van der Waals surface area contributed by atoms with Crippen LogP contribution in [0, 0.1) is 0 Å². The van der Waals surface area contributed by atoms with Gasteiger partial charge >= 0.3 is 5.97 Å². The van der Waals surface area contributed by atoms with Gasteiger partial charge in [-0.3, -0.25) is 4.79 Å². The molecule has 0 saturated carbocycles. The number of ketones is 1. The van der Waals surface area contributed by atoms with E-state index in [0.717, 1.165) is 6.08 Å². The minimum Gasteiger partial charge on any atom is -0.460 e. The fourth-order valence-corrected chi connectivity index (χ4v) is 2.22. The Morgan fingerprint density at radius 2 is 1.80 bits per heavy atom. The number of esters is 1. The van der Waals surface area contributed by atoms with Crippen LogP contribution in [-0.2, 0) is 23.7 Å². The van der Waals surface area contributed by atoms with Gasteiger partial charge in [-0.1, -0.05) is 36.9 Å². The van der Waals surface area contributed by atoms with Gasteiger partial charge in [0.2, 0.25) is 5.62 Å². The Morgan fingerprint density at radius 1 is 1.16 bits per heavy atom. The zero-order valence-electron chi connectivity index (χ0n) is 14.5. The van der Waals surface area contributed by atoms with E-state index in [4.69, 9.17) is 18.9 Å². The Labute approximate surface area is 153 Å². The summed E-state index contributed by atoms with van der Waals surface area (Å²) in [5, 5.41) is 0. The summed E-state index contributed by atoms with van der Waals surface area (Å²) in [6.07, 6.45) is 1.09. The second kappa shape index (κ2) is 11.0. The van der Waals surface area contributed by atoms with E-state index in [-0.39, 0.29) is 32.2 Å². The number of hydrogen-bond donors (Lipinski definition) is 1. The van der Waals surface area contributed by atoms with Crippen molar-refractivity contribution >= 4 is 24.4 Å². The molecule has 1 aromatic carbocycles. The van der Waals surface area contributed by atoms with Crippen molar-refractivity contribution in [3.63, 3.8) is 0 Å². The van der Waals surface area contributed by atoms with E-state index in [2.05, 4.69) is 19.2 Å². The lowest BCUT2D eigenvalue weighted by atomic mass is 9.97. The van der Waals surface area contributed by atoms with E-state index >= 15 is 0 Å². The molecule has 0 bridgehead atoms. The number of Topliss-reactive ketones (excluding diaryl/α,β-unsaturated/α-hetero) is 1. The summed E-state index contributed by atoms with van der Waals surface area (Å²) in [4.78, 5) is 23.2. The highest BCUT2D eigenvalue weighted by molar-refractivity contribution is 7.80. The molecule has 0 fully saturated rings. The van der Waals surface area contributed by atoms with E-state index in [1.807, 2.05) is 6.07 Å². The molecule has 1 aromatic rings. The smallest absolute Gasteiger partial charge is 0.330 e. The molecular weight excluding hydrogens is 344 g/mol. The molecule has 25 heavy (non-hydrogen) atoms. The summed E-state index contributed by atoms with van der Waals surface area (Å²) in [5.74, 6) is -0.648. The Morgan fingerprint density at radius 3 is 2.44 bits per heavy atom. The largest absolute Gasteiger partial charge is 0.460 e. The molecule has 1 atom stereocenters. The highest BCUT2D eigenvalue weighted by atomic mass is 32.1. The number of rotatable bonds is 12. The first-order valence-corrected chi connectivity index (χ1v) is 8.32. The minimum absolute atomic E-state index is 0.143.